The van der Waals surface area contributed by atoms with Crippen LogP contribution in [0.5, 0.6) is 0 Å². The van der Waals surface area contributed by atoms with Gasteiger partial charge in [0, 0.05) is 20.5 Å². The monoisotopic (exact) mass is 489 g/mol. The van der Waals surface area contributed by atoms with Gasteiger partial charge in [0.15, 0.2) is 17.0 Å². The third-order valence-electron chi connectivity index (χ3n) is 7.00. The van der Waals surface area contributed by atoms with Gasteiger partial charge in [-0.15, -0.1) is 0 Å². The van der Waals surface area contributed by atoms with Crippen LogP contribution in [0.15, 0.2) is 21.1 Å². The summed E-state index contributed by atoms with van der Waals surface area (Å²) in [6.45, 7) is 2.27. The van der Waals surface area contributed by atoms with Gasteiger partial charge in [-0.2, -0.15) is 0 Å². The van der Waals surface area contributed by atoms with Gasteiger partial charge in [-0.3, -0.25) is 9.36 Å². The molecule has 0 aliphatic rings. The number of aromatic nitrogens is 4. The van der Waals surface area contributed by atoms with Gasteiger partial charge in [-0.1, -0.05) is 115 Å². The molecule has 0 aromatic carbocycles. The molecule has 0 amide bonds. The Morgan fingerprint density at radius 3 is 1.71 bits per heavy atom. The van der Waals surface area contributed by atoms with E-state index in [2.05, 4.69) is 17.1 Å². The summed E-state index contributed by atoms with van der Waals surface area (Å²) in [7, 11) is 3.27. The van der Waals surface area contributed by atoms with Crippen LogP contribution in [0.3, 0.4) is 0 Å². The van der Waals surface area contributed by atoms with Crippen molar-refractivity contribution < 1.29 is 5.21 Å². The lowest BCUT2D eigenvalue weighted by molar-refractivity contribution is 0.314. The molecular formula is C27H47N5O3. The number of rotatable bonds is 18. The van der Waals surface area contributed by atoms with Crippen LogP contribution in [0.4, 0.5) is 0 Å². The molecule has 0 aliphatic carbocycles. The van der Waals surface area contributed by atoms with Crippen LogP contribution >= 0.6 is 0 Å². The van der Waals surface area contributed by atoms with Crippen molar-refractivity contribution in [1.82, 2.24) is 18.7 Å². The lowest BCUT2D eigenvalue weighted by Gasteiger charge is -2.10. The van der Waals surface area contributed by atoms with Gasteiger partial charge in [-0.05, 0) is 6.42 Å². The van der Waals surface area contributed by atoms with Gasteiger partial charge in [-0.25, -0.2) is 14.3 Å². The van der Waals surface area contributed by atoms with Crippen LogP contribution in [0, 0.1) is 0 Å². The Morgan fingerprint density at radius 2 is 1.26 bits per heavy atom. The van der Waals surface area contributed by atoms with E-state index in [9.17, 15) is 14.8 Å². The SMILES string of the molecule is CCCCCCCCCCCCCCCCCCCC(=NO)n1c(=O)c2c(ncn2C)n(C)c1=O. The predicted octanol–water partition coefficient (Wildman–Crippen LogP) is 6.11. The molecule has 0 aliphatic heterocycles. The molecule has 8 heteroatoms. The summed E-state index contributed by atoms with van der Waals surface area (Å²) in [5, 5.41) is 12.8. The summed E-state index contributed by atoms with van der Waals surface area (Å²) >= 11 is 0. The summed E-state index contributed by atoms with van der Waals surface area (Å²) in [5.41, 5.74) is -0.395. The number of oxime groups is 1. The number of unbranched alkanes of at least 4 members (excludes halogenated alkanes) is 16. The van der Waals surface area contributed by atoms with E-state index in [1.165, 1.54) is 101 Å². The summed E-state index contributed by atoms with van der Waals surface area (Å²) in [4.78, 5) is 29.7. The summed E-state index contributed by atoms with van der Waals surface area (Å²) in [6.07, 6.45) is 23.8. The van der Waals surface area contributed by atoms with Gasteiger partial charge in [0.2, 0.25) is 0 Å². The molecule has 2 rings (SSSR count). The minimum absolute atomic E-state index is 0.0969. The van der Waals surface area contributed by atoms with Gasteiger partial charge in [0.25, 0.3) is 5.56 Å². The molecule has 0 atom stereocenters. The van der Waals surface area contributed by atoms with Crippen LogP contribution in [0.2, 0.25) is 0 Å². The third kappa shape index (κ3) is 8.97. The van der Waals surface area contributed by atoms with E-state index in [0.29, 0.717) is 17.6 Å². The molecule has 0 radical (unpaired) electrons. The van der Waals surface area contributed by atoms with Crippen molar-refractivity contribution in [1.29, 1.82) is 0 Å². The highest BCUT2D eigenvalue weighted by Gasteiger charge is 2.18. The Hall–Kier alpha value is -2.38. The molecule has 0 bridgehead atoms. The fraction of sp³-hybridized carbons (Fsp3) is 0.778. The molecule has 0 saturated heterocycles. The number of nitrogens with zero attached hydrogens (tertiary/aromatic N) is 5. The molecule has 1 N–H and O–H groups in total. The topological polar surface area (TPSA) is 94.4 Å². The average Bonchev–Trinajstić information content (AvgIpc) is 3.25. The van der Waals surface area contributed by atoms with Gasteiger partial charge >= 0.3 is 5.69 Å². The molecular weight excluding hydrogens is 442 g/mol. The van der Waals surface area contributed by atoms with E-state index in [-0.39, 0.29) is 5.84 Å². The van der Waals surface area contributed by atoms with Crippen molar-refractivity contribution in [3.05, 3.63) is 27.2 Å². The summed E-state index contributed by atoms with van der Waals surface area (Å²) < 4.78 is 3.87. The first-order valence-corrected chi connectivity index (χ1v) is 13.9. The van der Waals surface area contributed by atoms with Crippen LogP contribution in [0.25, 0.3) is 11.2 Å². The molecule has 2 heterocycles. The highest BCUT2D eigenvalue weighted by molar-refractivity contribution is 5.85. The number of hydrogen-bond donors (Lipinski definition) is 1. The maximum Gasteiger partial charge on any atom is 0.338 e. The molecule has 198 valence electrons. The van der Waals surface area contributed by atoms with Crippen LogP contribution < -0.4 is 11.2 Å². The number of imidazole rings is 1. The molecule has 8 nitrogen and oxygen atoms in total. The molecule has 2 aromatic rings. The first kappa shape index (κ1) is 28.9. The molecule has 0 saturated carbocycles. The highest BCUT2D eigenvalue weighted by atomic mass is 16.4. The van der Waals surface area contributed by atoms with E-state index in [1.807, 2.05) is 0 Å². The number of aryl methyl sites for hydroxylation is 2. The predicted molar refractivity (Wildman–Crippen MR) is 144 cm³/mol. The zero-order valence-corrected chi connectivity index (χ0v) is 22.3. The first-order chi connectivity index (χ1) is 17.0. The fourth-order valence-electron chi connectivity index (χ4n) is 4.79. The Kier molecular flexibility index (Phi) is 13.5. The third-order valence-corrected chi connectivity index (χ3v) is 7.00. The van der Waals surface area contributed by atoms with E-state index in [1.54, 1.807) is 18.7 Å². The van der Waals surface area contributed by atoms with Gasteiger partial charge in [0.05, 0.1) is 6.33 Å². The van der Waals surface area contributed by atoms with Crippen LogP contribution in [-0.4, -0.2) is 29.7 Å². The highest BCUT2D eigenvalue weighted by Crippen LogP contribution is 2.14. The van der Waals surface area contributed by atoms with Crippen molar-refractivity contribution in [2.24, 2.45) is 19.3 Å². The zero-order chi connectivity index (χ0) is 25.5. The fourth-order valence-corrected chi connectivity index (χ4v) is 4.79. The molecule has 2 aromatic heterocycles. The normalized spacial score (nSPS) is 12.1. The Bertz CT molecular complexity index is 1020. The zero-order valence-electron chi connectivity index (χ0n) is 22.3. The Balaban J connectivity index is 1.57. The molecule has 0 spiro atoms. The number of hydrogen-bond acceptors (Lipinski definition) is 5. The molecule has 35 heavy (non-hydrogen) atoms. The van der Waals surface area contributed by atoms with Crippen molar-refractivity contribution in [2.45, 2.75) is 122 Å². The van der Waals surface area contributed by atoms with Crippen molar-refractivity contribution >= 4 is 17.0 Å². The largest absolute Gasteiger partial charge is 0.409 e. The minimum Gasteiger partial charge on any atom is -0.409 e. The van der Waals surface area contributed by atoms with Gasteiger partial charge in [0.1, 0.15) is 0 Å². The smallest absolute Gasteiger partial charge is 0.338 e. The lowest BCUT2D eigenvalue weighted by atomic mass is 10.0. The lowest BCUT2D eigenvalue weighted by Crippen LogP contribution is -2.43. The maximum atomic E-state index is 12.9. The van der Waals surface area contributed by atoms with Crippen LogP contribution in [-0.2, 0) is 14.1 Å². The summed E-state index contributed by atoms with van der Waals surface area (Å²) in [6, 6.07) is 0. The van der Waals surface area contributed by atoms with Gasteiger partial charge < -0.3 is 9.77 Å². The van der Waals surface area contributed by atoms with Crippen molar-refractivity contribution in [3.63, 3.8) is 0 Å². The van der Waals surface area contributed by atoms with Crippen molar-refractivity contribution in [2.75, 3.05) is 0 Å². The average molecular weight is 490 g/mol. The Morgan fingerprint density at radius 1 is 0.800 bits per heavy atom. The second-order valence-electron chi connectivity index (χ2n) is 9.93. The quantitative estimate of drug-likeness (QED) is 0.0898. The maximum absolute atomic E-state index is 12.9. The van der Waals surface area contributed by atoms with E-state index < -0.39 is 11.2 Å². The summed E-state index contributed by atoms with van der Waals surface area (Å²) in [5.74, 6) is 0.0969. The molecule has 0 fully saturated rings. The van der Waals surface area contributed by atoms with Crippen molar-refractivity contribution in [3.8, 4) is 0 Å². The number of fused-ring (bicyclic) bond motifs is 1. The molecule has 0 unspecified atom stereocenters. The minimum atomic E-state index is -0.541. The van der Waals surface area contributed by atoms with E-state index in [4.69, 9.17) is 0 Å². The first-order valence-electron chi connectivity index (χ1n) is 13.9. The van der Waals surface area contributed by atoms with Crippen LogP contribution in [0.1, 0.15) is 122 Å². The Labute approximate surface area is 210 Å². The second kappa shape index (κ2) is 16.3. The standard InChI is InChI=1S/C27H47N5O3/c1-4-5-6-7-8-9-10-11-12-13-14-15-16-17-18-19-20-21-23(29-35)32-26(33)24-25(28-22-30(24)2)31(3)27(32)34/h22,35H,4-21H2,1-3H3. The van der Waals surface area contributed by atoms with E-state index >= 15 is 0 Å². The van der Waals surface area contributed by atoms with E-state index in [0.717, 1.165) is 23.8 Å². The second-order valence-corrected chi connectivity index (χ2v) is 9.93.